The Labute approximate surface area is 98.5 Å². The van der Waals surface area contributed by atoms with Crippen molar-refractivity contribution >= 4 is 5.96 Å². The molecule has 2 aliphatic rings. The van der Waals surface area contributed by atoms with E-state index in [4.69, 9.17) is 5.73 Å². The van der Waals surface area contributed by atoms with E-state index in [0.29, 0.717) is 12.1 Å². The minimum absolute atomic E-state index is 0.286. The van der Waals surface area contributed by atoms with E-state index in [1.165, 1.54) is 19.4 Å². The van der Waals surface area contributed by atoms with Crippen LogP contribution in [0.1, 0.15) is 33.6 Å². The van der Waals surface area contributed by atoms with E-state index in [1.807, 2.05) is 0 Å². The summed E-state index contributed by atoms with van der Waals surface area (Å²) in [6, 6.07) is 1.49. The quantitative estimate of drug-likeness (QED) is 0.531. The maximum atomic E-state index is 6.08. The molecule has 2 rings (SSSR count). The van der Waals surface area contributed by atoms with Crippen molar-refractivity contribution in [3.8, 4) is 0 Å². The SMILES string of the molecule is CC(C)N=C(N)N1CC2CCCN2CC1C. The highest BCUT2D eigenvalue weighted by Gasteiger charge is 2.35. The maximum Gasteiger partial charge on any atom is 0.191 e. The zero-order valence-electron chi connectivity index (χ0n) is 10.7. The molecule has 0 bridgehead atoms. The van der Waals surface area contributed by atoms with Crippen LogP contribution in [0.5, 0.6) is 0 Å². The van der Waals surface area contributed by atoms with Crippen LogP contribution in [0.2, 0.25) is 0 Å². The first-order chi connectivity index (χ1) is 7.58. The van der Waals surface area contributed by atoms with Gasteiger partial charge in [-0.15, -0.1) is 0 Å². The van der Waals surface area contributed by atoms with Gasteiger partial charge < -0.3 is 10.6 Å². The normalized spacial score (nSPS) is 32.2. The fourth-order valence-electron chi connectivity index (χ4n) is 2.85. The Morgan fingerprint density at radius 1 is 1.38 bits per heavy atom. The summed E-state index contributed by atoms with van der Waals surface area (Å²) in [6.07, 6.45) is 2.66. The third-order valence-corrected chi connectivity index (χ3v) is 3.62. The first kappa shape index (κ1) is 11.7. The van der Waals surface area contributed by atoms with Crippen molar-refractivity contribution in [1.29, 1.82) is 0 Å². The molecule has 92 valence electrons. The zero-order chi connectivity index (χ0) is 11.7. The van der Waals surface area contributed by atoms with Gasteiger partial charge in [-0.2, -0.15) is 0 Å². The Bertz CT molecular complexity index is 274. The minimum atomic E-state index is 0.286. The van der Waals surface area contributed by atoms with Gasteiger partial charge in [0.2, 0.25) is 0 Å². The summed E-state index contributed by atoms with van der Waals surface area (Å²) >= 11 is 0. The Hall–Kier alpha value is -0.770. The summed E-state index contributed by atoms with van der Waals surface area (Å²) in [5.41, 5.74) is 6.08. The van der Waals surface area contributed by atoms with Crippen LogP contribution in [-0.4, -0.2) is 53.5 Å². The second-order valence-electron chi connectivity index (χ2n) is 5.37. The molecule has 0 aliphatic carbocycles. The summed E-state index contributed by atoms with van der Waals surface area (Å²) in [4.78, 5) is 9.35. The molecule has 0 aromatic rings. The van der Waals surface area contributed by atoms with Gasteiger partial charge in [0.05, 0.1) is 0 Å². The number of fused-ring (bicyclic) bond motifs is 1. The summed E-state index contributed by atoms with van der Waals surface area (Å²) in [6.45, 7) is 9.86. The third kappa shape index (κ3) is 2.32. The van der Waals surface area contributed by atoms with Gasteiger partial charge >= 0.3 is 0 Å². The first-order valence-corrected chi connectivity index (χ1v) is 6.42. The summed E-state index contributed by atoms with van der Waals surface area (Å²) in [5, 5.41) is 0. The number of hydrogen-bond acceptors (Lipinski definition) is 2. The van der Waals surface area contributed by atoms with Crippen molar-refractivity contribution in [3.05, 3.63) is 0 Å². The third-order valence-electron chi connectivity index (χ3n) is 3.62. The summed E-state index contributed by atoms with van der Waals surface area (Å²) in [7, 11) is 0. The molecule has 2 unspecified atom stereocenters. The van der Waals surface area contributed by atoms with Crippen LogP contribution in [0.15, 0.2) is 4.99 Å². The van der Waals surface area contributed by atoms with Crippen LogP contribution in [0.3, 0.4) is 0 Å². The summed E-state index contributed by atoms with van der Waals surface area (Å²) < 4.78 is 0. The van der Waals surface area contributed by atoms with Gasteiger partial charge in [-0.1, -0.05) is 0 Å². The van der Waals surface area contributed by atoms with Crippen molar-refractivity contribution in [3.63, 3.8) is 0 Å². The standard InChI is InChI=1S/C12H24N4/c1-9(2)14-12(13)16-8-11-5-4-6-15(11)7-10(16)3/h9-11H,4-8H2,1-3H3,(H2,13,14). The lowest BCUT2D eigenvalue weighted by Gasteiger charge is -2.43. The van der Waals surface area contributed by atoms with Gasteiger partial charge in [-0.25, -0.2) is 0 Å². The van der Waals surface area contributed by atoms with Crippen molar-refractivity contribution in [2.24, 2.45) is 10.7 Å². The predicted molar refractivity (Wildman–Crippen MR) is 67.5 cm³/mol. The number of nitrogens with two attached hydrogens (primary N) is 1. The molecule has 0 aromatic carbocycles. The predicted octanol–water partition coefficient (Wildman–Crippen LogP) is 0.878. The molecule has 4 nitrogen and oxygen atoms in total. The van der Waals surface area contributed by atoms with Gasteiger partial charge in [-0.05, 0) is 40.2 Å². The largest absolute Gasteiger partial charge is 0.370 e. The van der Waals surface area contributed by atoms with E-state index in [-0.39, 0.29) is 6.04 Å². The monoisotopic (exact) mass is 224 g/mol. The van der Waals surface area contributed by atoms with Crippen molar-refractivity contribution in [2.75, 3.05) is 19.6 Å². The van der Waals surface area contributed by atoms with Crippen LogP contribution in [0.25, 0.3) is 0 Å². The molecule has 2 atom stereocenters. The number of hydrogen-bond donors (Lipinski definition) is 1. The van der Waals surface area contributed by atoms with Gasteiger partial charge in [0.1, 0.15) is 0 Å². The molecule has 4 heteroatoms. The van der Waals surface area contributed by atoms with E-state index >= 15 is 0 Å². The molecule has 0 spiro atoms. The van der Waals surface area contributed by atoms with Gasteiger partial charge in [0, 0.05) is 31.2 Å². The molecular formula is C12H24N4. The molecule has 0 radical (unpaired) electrons. The molecule has 0 aromatic heterocycles. The Kier molecular flexibility index (Phi) is 3.38. The van der Waals surface area contributed by atoms with Crippen LogP contribution in [-0.2, 0) is 0 Å². The molecule has 16 heavy (non-hydrogen) atoms. The van der Waals surface area contributed by atoms with E-state index in [9.17, 15) is 0 Å². The lowest BCUT2D eigenvalue weighted by Crippen LogP contribution is -2.58. The van der Waals surface area contributed by atoms with Gasteiger partial charge in [-0.3, -0.25) is 9.89 Å². The minimum Gasteiger partial charge on any atom is -0.370 e. The smallest absolute Gasteiger partial charge is 0.191 e. The maximum absolute atomic E-state index is 6.08. The van der Waals surface area contributed by atoms with Crippen LogP contribution < -0.4 is 5.73 Å². The zero-order valence-corrected chi connectivity index (χ0v) is 10.7. The topological polar surface area (TPSA) is 44.9 Å². The lowest BCUT2D eigenvalue weighted by molar-refractivity contribution is 0.108. The van der Waals surface area contributed by atoms with E-state index in [0.717, 1.165) is 19.0 Å². The van der Waals surface area contributed by atoms with Gasteiger partial charge in [0.25, 0.3) is 0 Å². The number of piperazine rings is 1. The lowest BCUT2D eigenvalue weighted by atomic mass is 10.1. The first-order valence-electron chi connectivity index (χ1n) is 6.42. The molecule has 2 saturated heterocycles. The molecule has 2 heterocycles. The van der Waals surface area contributed by atoms with Crippen molar-refractivity contribution in [1.82, 2.24) is 9.80 Å². The average molecular weight is 224 g/mol. The fourth-order valence-corrected chi connectivity index (χ4v) is 2.85. The highest BCUT2D eigenvalue weighted by atomic mass is 15.4. The van der Waals surface area contributed by atoms with Crippen molar-refractivity contribution in [2.45, 2.75) is 51.7 Å². The molecular weight excluding hydrogens is 200 g/mol. The Morgan fingerprint density at radius 2 is 2.12 bits per heavy atom. The van der Waals surface area contributed by atoms with Crippen LogP contribution in [0.4, 0.5) is 0 Å². The van der Waals surface area contributed by atoms with E-state index < -0.39 is 0 Å². The van der Waals surface area contributed by atoms with E-state index in [2.05, 4.69) is 35.6 Å². The molecule has 2 fully saturated rings. The van der Waals surface area contributed by atoms with Crippen LogP contribution in [0, 0.1) is 0 Å². The highest BCUT2D eigenvalue weighted by Crippen LogP contribution is 2.24. The number of guanidine groups is 1. The van der Waals surface area contributed by atoms with Crippen molar-refractivity contribution < 1.29 is 0 Å². The summed E-state index contributed by atoms with van der Waals surface area (Å²) in [5.74, 6) is 0.731. The average Bonchev–Trinajstić information content (AvgIpc) is 2.61. The number of rotatable bonds is 1. The second kappa shape index (κ2) is 4.62. The molecule has 0 saturated carbocycles. The van der Waals surface area contributed by atoms with Gasteiger partial charge in [0.15, 0.2) is 5.96 Å². The van der Waals surface area contributed by atoms with E-state index in [1.54, 1.807) is 0 Å². The molecule has 2 N–H and O–H groups in total. The fraction of sp³-hybridized carbons (Fsp3) is 0.917. The Balaban J connectivity index is 2.04. The molecule has 0 amide bonds. The second-order valence-corrected chi connectivity index (χ2v) is 5.37. The number of aliphatic imine (C=N–C) groups is 1. The number of nitrogens with zero attached hydrogens (tertiary/aromatic N) is 3. The Morgan fingerprint density at radius 3 is 2.81 bits per heavy atom. The molecule has 2 aliphatic heterocycles. The van der Waals surface area contributed by atoms with Crippen LogP contribution >= 0.6 is 0 Å². The highest BCUT2D eigenvalue weighted by molar-refractivity contribution is 5.78.